The molecule has 1 aromatic carbocycles. The monoisotopic (exact) mass is 246 g/mol. The van der Waals surface area contributed by atoms with Gasteiger partial charge in [0.1, 0.15) is 11.4 Å². The standard InChI is InChI=1S/C14H18N2O2/c1-9-5-6-14(18-4)13(7-9)16-11(3)12(8-17)10(2)15-16/h5-7,17H,8H2,1-4H3. The highest BCUT2D eigenvalue weighted by molar-refractivity contribution is 5.50. The average Bonchev–Trinajstić information content (AvgIpc) is 2.64. The summed E-state index contributed by atoms with van der Waals surface area (Å²) in [5.41, 5.74) is 4.71. The van der Waals surface area contributed by atoms with Crippen molar-refractivity contribution in [2.45, 2.75) is 27.4 Å². The lowest BCUT2D eigenvalue weighted by atomic mass is 10.2. The first-order valence-electron chi connectivity index (χ1n) is 5.89. The Morgan fingerprint density at radius 3 is 2.56 bits per heavy atom. The first kappa shape index (κ1) is 12.6. The Morgan fingerprint density at radius 1 is 1.28 bits per heavy atom. The van der Waals surface area contributed by atoms with E-state index in [-0.39, 0.29) is 6.61 Å². The number of aliphatic hydroxyl groups is 1. The lowest BCUT2D eigenvalue weighted by Gasteiger charge is -2.11. The summed E-state index contributed by atoms with van der Waals surface area (Å²) in [6.07, 6.45) is 0. The first-order valence-corrected chi connectivity index (χ1v) is 5.89. The normalized spacial score (nSPS) is 10.7. The van der Waals surface area contributed by atoms with Crippen LogP contribution in [-0.2, 0) is 6.61 Å². The van der Waals surface area contributed by atoms with Crippen LogP contribution in [0.2, 0.25) is 0 Å². The van der Waals surface area contributed by atoms with E-state index in [4.69, 9.17) is 4.74 Å². The first-order chi connectivity index (χ1) is 8.58. The second-order valence-corrected chi connectivity index (χ2v) is 4.39. The van der Waals surface area contributed by atoms with Crippen LogP contribution in [0.4, 0.5) is 0 Å². The summed E-state index contributed by atoms with van der Waals surface area (Å²) in [6, 6.07) is 5.96. The number of hydrogen-bond donors (Lipinski definition) is 1. The van der Waals surface area contributed by atoms with Crippen molar-refractivity contribution in [1.29, 1.82) is 0 Å². The van der Waals surface area contributed by atoms with Gasteiger partial charge in [-0.05, 0) is 38.5 Å². The Hall–Kier alpha value is -1.81. The molecule has 18 heavy (non-hydrogen) atoms. The van der Waals surface area contributed by atoms with Gasteiger partial charge in [-0.1, -0.05) is 6.07 Å². The van der Waals surface area contributed by atoms with E-state index in [1.807, 2.05) is 43.7 Å². The van der Waals surface area contributed by atoms with Gasteiger partial charge in [-0.15, -0.1) is 0 Å². The minimum Gasteiger partial charge on any atom is -0.494 e. The molecule has 0 aliphatic heterocycles. The van der Waals surface area contributed by atoms with Crippen molar-refractivity contribution < 1.29 is 9.84 Å². The third-order valence-corrected chi connectivity index (χ3v) is 3.16. The summed E-state index contributed by atoms with van der Waals surface area (Å²) < 4.78 is 7.20. The van der Waals surface area contributed by atoms with Crippen molar-refractivity contribution in [3.8, 4) is 11.4 Å². The number of nitrogens with zero attached hydrogens (tertiary/aromatic N) is 2. The van der Waals surface area contributed by atoms with E-state index in [1.165, 1.54) is 0 Å². The van der Waals surface area contributed by atoms with Crippen LogP contribution in [0.5, 0.6) is 5.75 Å². The SMILES string of the molecule is COc1ccc(C)cc1-n1nc(C)c(CO)c1C. The van der Waals surface area contributed by atoms with Gasteiger partial charge >= 0.3 is 0 Å². The predicted molar refractivity (Wildman–Crippen MR) is 70.2 cm³/mol. The largest absolute Gasteiger partial charge is 0.494 e. The van der Waals surface area contributed by atoms with Crippen molar-refractivity contribution in [2.24, 2.45) is 0 Å². The smallest absolute Gasteiger partial charge is 0.144 e. The summed E-state index contributed by atoms with van der Waals surface area (Å²) in [5, 5.41) is 13.8. The van der Waals surface area contributed by atoms with Crippen molar-refractivity contribution in [2.75, 3.05) is 7.11 Å². The van der Waals surface area contributed by atoms with E-state index in [0.717, 1.165) is 34.0 Å². The number of benzene rings is 1. The van der Waals surface area contributed by atoms with Crippen LogP contribution >= 0.6 is 0 Å². The molecule has 0 amide bonds. The highest BCUT2D eigenvalue weighted by Crippen LogP contribution is 2.26. The molecule has 2 rings (SSSR count). The second-order valence-electron chi connectivity index (χ2n) is 4.39. The van der Waals surface area contributed by atoms with Crippen molar-refractivity contribution >= 4 is 0 Å². The second kappa shape index (κ2) is 4.82. The van der Waals surface area contributed by atoms with Crippen LogP contribution in [0.3, 0.4) is 0 Å². The molecule has 2 aromatic rings. The molecule has 0 atom stereocenters. The molecule has 1 N–H and O–H groups in total. The Balaban J connectivity index is 2.65. The molecular weight excluding hydrogens is 228 g/mol. The molecule has 0 unspecified atom stereocenters. The summed E-state index contributed by atoms with van der Waals surface area (Å²) >= 11 is 0. The maximum Gasteiger partial charge on any atom is 0.144 e. The number of aromatic nitrogens is 2. The Bertz CT molecular complexity index is 573. The zero-order valence-electron chi connectivity index (χ0n) is 11.2. The predicted octanol–water partition coefficient (Wildman–Crippen LogP) is 2.30. The minimum absolute atomic E-state index is 0.00575. The van der Waals surface area contributed by atoms with Gasteiger partial charge in [0, 0.05) is 11.3 Å². The number of hydrogen-bond acceptors (Lipinski definition) is 3. The molecule has 1 heterocycles. The summed E-state index contributed by atoms with van der Waals surface area (Å²) in [5.74, 6) is 0.774. The fourth-order valence-electron chi connectivity index (χ4n) is 2.10. The molecule has 4 heteroatoms. The van der Waals surface area contributed by atoms with Gasteiger partial charge in [0.2, 0.25) is 0 Å². The van der Waals surface area contributed by atoms with Crippen LogP contribution in [0.25, 0.3) is 5.69 Å². The lowest BCUT2D eigenvalue weighted by Crippen LogP contribution is -2.03. The van der Waals surface area contributed by atoms with Gasteiger partial charge in [0.15, 0.2) is 0 Å². The summed E-state index contributed by atoms with van der Waals surface area (Å²) in [7, 11) is 1.65. The van der Waals surface area contributed by atoms with Crippen LogP contribution in [-0.4, -0.2) is 22.0 Å². The number of ether oxygens (including phenoxy) is 1. The third kappa shape index (κ3) is 1.99. The number of rotatable bonds is 3. The molecule has 0 bridgehead atoms. The summed E-state index contributed by atoms with van der Waals surface area (Å²) in [6.45, 7) is 5.89. The van der Waals surface area contributed by atoms with Crippen molar-refractivity contribution in [1.82, 2.24) is 9.78 Å². The minimum atomic E-state index is 0.00575. The van der Waals surface area contributed by atoms with Gasteiger partial charge < -0.3 is 9.84 Å². The molecule has 0 aliphatic rings. The van der Waals surface area contributed by atoms with Crippen LogP contribution < -0.4 is 4.74 Å². The molecule has 1 aromatic heterocycles. The van der Waals surface area contributed by atoms with Gasteiger partial charge in [0.05, 0.1) is 19.4 Å². The quantitative estimate of drug-likeness (QED) is 0.904. The molecule has 4 nitrogen and oxygen atoms in total. The Kier molecular flexibility index (Phi) is 3.39. The zero-order valence-corrected chi connectivity index (χ0v) is 11.2. The van der Waals surface area contributed by atoms with Gasteiger partial charge in [0.25, 0.3) is 0 Å². The third-order valence-electron chi connectivity index (χ3n) is 3.16. The molecule has 0 fully saturated rings. The number of aliphatic hydroxyl groups excluding tert-OH is 1. The maximum absolute atomic E-state index is 9.36. The highest BCUT2D eigenvalue weighted by Gasteiger charge is 2.14. The van der Waals surface area contributed by atoms with E-state index < -0.39 is 0 Å². The Labute approximate surface area is 107 Å². The molecule has 0 spiro atoms. The average molecular weight is 246 g/mol. The molecule has 0 aliphatic carbocycles. The molecule has 96 valence electrons. The molecule has 0 radical (unpaired) electrons. The fourth-order valence-corrected chi connectivity index (χ4v) is 2.10. The molecule has 0 saturated carbocycles. The van der Waals surface area contributed by atoms with Crippen molar-refractivity contribution in [3.05, 3.63) is 40.7 Å². The van der Waals surface area contributed by atoms with E-state index in [0.29, 0.717) is 0 Å². The maximum atomic E-state index is 9.36. The van der Waals surface area contributed by atoms with Gasteiger partial charge in [-0.3, -0.25) is 0 Å². The van der Waals surface area contributed by atoms with Crippen LogP contribution in [0, 0.1) is 20.8 Å². The van der Waals surface area contributed by atoms with Crippen LogP contribution in [0.1, 0.15) is 22.5 Å². The van der Waals surface area contributed by atoms with Gasteiger partial charge in [-0.25, -0.2) is 4.68 Å². The van der Waals surface area contributed by atoms with Crippen LogP contribution in [0.15, 0.2) is 18.2 Å². The van der Waals surface area contributed by atoms with E-state index in [2.05, 4.69) is 5.10 Å². The van der Waals surface area contributed by atoms with E-state index in [1.54, 1.807) is 7.11 Å². The zero-order chi connectivity index (χ0) is 13.3. The lowest BCUT2D eigenvalue weighted by molar-refractivity contribution is 0.280. The Morgan fingerprint density at radius 2 is 2.00 bits per heavy atom. The van der Waals surface area contributed by atoms with Crippen molar-refractivity contribution in [3.63, 3.8) is 0 Å². The van der Waals surface area contributed by atoms with Gasteiger partial charge in [-0.2, -0.15) is 5.10 Å². The van der Waals surface area contributed by atoms with E-state index in [9.17, 15) is 5.11 Å². The number of methoxy groups -OCH3 is 1. The molecule has 0 saturated heterocycles. The topological polar surface area (TPSA) is 47.3 Å². The summed E-state index contributed by atoms with van der Waals surface area (Å²) in [4.78, 5) is 0. The molecular formula is C14H18N2O2. The van der Waals surface area contributed by atoms with E-state index >= 15 is 0 Å². The highest BCUT2D eigenvalue weighted by atomic mass is 16.5. The number of aryl methyl sites for hydroxylation is 2. The fraction of sp³-hybridized carbons (Fsp3) is 0.357.